The summed E-state index contributed by atoms with van der Waals surface area (Å²) in [5.41, 5.74) is 6.34. The van der Waals surface area contributed by atoms with Gasteiger partial charge in [-0.05, 0) is 25.7 Å². The smallest absolute Gasteiger partial charge is 0.169 e. The lowest BCUT2D eigenvalue weighted by Crippen LogP contribution is -2.64. The quantitative estimate of drug-likeness (QED) is 0.697. The summed E-state index contributed by atoms with van der Waals surface area (Å²) in [6.45, 7) is 0. The van der Waals surface area contributed by atoms with Crippen LogP contribution in [0.25, 0.3) is 0 Å². The first-order chi connectivity index (χ1) is 11.6. The van der Waals surface area contributed by atoms with Crippen LogP contribution in [0, 0.1) is 0 Å². The van der Waals surface area contributed by atoms with Crippen molar-refractivity contribution >= 4 is 0 Å². The average Bonchev–Trinajstić information content (AvgIpc) is 3.14. The van der Waals surface area contributed by atoms with E-state index < -0.39 is 29.8 Å². The molecule has 0 unspecified atom stereocenters. The molecular weight excluding hydrogens is 310 g/mol. The minimum Gasteiger partial charge on any atom is -0.389 e. The molecule has 0 aromatic rings. The van der Waals surface area contributed by atoms with Gasteiger partial charge in [0.25, 0.3) is 0 Å². The topological polar surface area (TPSA) is 83.2 Å². The molecular formula is C18H29NO5. The van der Waals surface area contributed by atoms with E-state index in [4.69, 9.17) is 24.7 Å². The zero-order chi connectivity index (χ0) is 16.4. The standard InChI is InChI=1S/C18H29NO5/c19-11-12(20)14-16(24-18(22-14)9-5-2-6-10-18)15-13(11)21-17(23-15)7-3-1-4-8-17/h11-16,20H,1-10,19H2/t11-,12+,13-,14-,15-,16-/m0/s1. The molecule has 3 aliphatic carbocycles. The van der Waals surface area contributed by atoms with Crippen molar-refractivity contribution in [3.63, 3.8) is 0 Å². The van der Waals surface area contributed by atoms with Gasteiger partial charge in [0.05, 0.1) is 6.04 Å². The van der Waals surface area contributed by atoms with Crippen molar-refractivity contribution in [1.82, 2.24) is 0 Å². The molecule has 2 heterocycles. The van der Waals surface area contributed by atoms with E-state index in [0.29, 0.717) is 0 Å². The summed E-state index contributed by atoms with van der Waals surface area (Å²) in [7, 11) is 0. The van der Waals surface area contributed by atoms with Crippen molar-refractivity contribution in [1.29, 1.82) is 0 Å². The third-order valence-electron chi connectivity index (χ3n) is 6.72. The van der Waals surface area contributed by atoms with Crippen LogP contribution in [0.1, 0.15) is 64.2 Å². The van der Waals surface area contributed by atoms with Gasteiger partial charge < -0.3 is 29.8 Å². The molecule has 2 aliphatic heterocycles. The van der Waals surface area contributed by atoms with Gasteiger partial charge in [-0.3, -0.25) is 0 Å². The Labute approximate surface area is 143 Å². The predicted octanol–water partition coefficient (Wildman–Crippen LogP) is 1.58. The van der Waals surface area contributed by atoms with E-state index in [0.717, 1.165) is 51.4 Å². The van der Waals surface area contributed by atoms with Crippen LogP contribution in [0.3, 0.4) is 0 Å². The van der Waals surface area contributed by atoms with Gasteiger partial charge in [0.15, 0.2) is 11.6 Å². The summed E-state index contributed by atoms with van der Waals surface area (Å²) in [5, 5.41) is 10.7. The number of fused-ring (bicyclic) bond motifs is 3. The van der Waals surface area contributed by atoms with E-state index in [1.165, 1.54) is 12.8 Å². The van der Waals surface area contributed by atoms with E-state index in [1.807, 2.05) is 0 Å². The van der Waals surface area contributed by atoms with Crippen molar-refractivity contribution in [3.05, 3.63) is 0 Å². The highest BCUT2D eigenvalue weighted by atomic mass is 16.8. The molecule has 136 valence electrons. The Morgan fingerprint density at radius 3 is 1.58 bits per heavy atom. The zero-order valence-electron chi connectivity index (χ0n) is 14.2. The van der Waals surface area contributed by atoms with E-state index in [9.17, 15) is 5.11 Å². The molecule has 6 nitrogen and oxygen atoms in total. The Balaban J connectivity index is 1.42. The van der Waals surface area contributed by atoms with E-state index >= 15 is 0 Å². The van der Waals surface area contributed by atoms with Gasteiger partial charge in [0, 0.05) is 25.7 Å². The maximum atomic E-state index is 10.7. The molecule has 6 atom stereocenters. The van der Waals surface area contributed by atoms with Gasteiger partial charge in [-0.2, -0.15) is 0 Å². The van der Waals surface area contributed by atoms with Gasteiger partial charge in [-0.25, -0.2) is 0 Å². The Morgan fingerprint density at radius 1 is 0.625 bits per heavy atom. The normalized spacial score (nSPS) is 49.2. The summed E-state index contributed by atoms with van der Waals surface area (Å²) in [5.74, 6) is -1.07. The highest BCUT2D eigenvalue weighted by molar-refractivity contribution is 5.10. The van der Waals surface area contributed by atoms with Crippen LogP contribution >= 0.6 is 0 Å². The average molecular weight is 339 g/mol. The number of rotatable bonds is 0. The molecule has 3 saturated carbocycles. The number of aliphatic hydroxyl groups is 1. The molecule has 5 aliphatic rings. The van der Waals surface area contributed by atoms with Crippen molar-refractivity contribution in [2.45, 2.75) is 112 Å². The first-order valence-electron chi connectivity index (χ1n) is 9.77. The molecule has 2 spiro atoms. The van der Waals surface area contributed by atoms with Crippen molar-refractivity contribution in [3.8, 4) is 0 Å². The molecule has 5 fully saturated rings. The Kier molecular flexibility index (Phi) is 3.75. The highest BCUT2D eigenvalue weighted by Crippen LogP contribution is 2.50. The van der Waals surface area contributed by atoms with Gasteiger partial charge in [-0.15, -0.1) is 0 Å². The first kappa shape index (κ1) is 16.0. The first-order valence-corrected chi connectivity index (χ1v) is 9.77. The monoisotopic (exact) mass is 339 g/mol. The maximum Gasteiger partial charge on any atom is 0.169 e. The van der Waals surface area contributed by atoms with Gasteiger partial charge in [-0.1, -0.05) is 12.8 Å². The number of aliphatic hydroxyl groups excluding tert-OH is 1. The maximum absolute atomic E-state index is 10.7. The third kappa shape index (κ3) is 2.31. The van der Waals surface area contributed by atoms with Crippen molar-refractivity contribution in [2.24, 2.45) is 5.73 Å². The van der Waals surface area contributed by atoms with E-state index in [1.54, 1.807) is 0 Å². The molecule has 0 amide bonds. The van der Waals surface area contributed by atoms with Crippen LogP contribution in [0.2, 0.25) is 0 Å². The lowest BCUT2D eigenvalue weighted by Gasteiger charge is -2.39. The van der Waals surface area contributed by atoms with Crippen LogP contribution in [-0.2, 0) is 18.9 Å². The van der Waals surface area contributed by atoms with Crippen molar-refractivity contribution in [2.75, 3.05) is 0 Å². The second-order valence-corrected chi connectivity index (χ2v) is 8.34. The van der Waals surface area contributed by atoms with Crippen LogP contribution in [-0.4, -0.2) is 53.2 Å². The molecule has 24 heavy (non-hydrogen) atoms. The number of nitrogens with two attached hydrogens (primary N) is 1. The molecule has 2 saturated heterocycles. The predicted molar refractivity (Wildman–Crippen MR) is 85.1 cm³/mol. The summed E-state index contributed by atoms with van der Waals surface area (Å²) in [4.78, 5) is 0. The molecule has 0 bridgehead atoms. The fraction of sp³-hybridized carbons (Fsp3) is 1.00. The lowest BCUT2D eigenvalue weighted by molar-refractivity contribution is -0.220. The minimum absolute atomic E-state index is 0.229. The fourth-order valence-corrected chi connectivity index (χ4v) is 5.45. The molecule has 0 radical (unpaired) electrons. The summed E-state index contributed by atoms with van der Waals surface area (Å²) < 4.78 is 25.5. The molecule has 0 aromatic heterocycles. The van der Waals surface area contributed by atoms with Crippen LogP contribution in [0.15, 0.2) is 0 Å². The molecule has 3 N–H and O–H groups in total. The molecule has 6 heteroatoms. The van der Waals surface area contributed by atoms with E-state index in [-0.39, 0.29) is 18.3 Å². The lowest BCUT2D eigenvalue weighted by atomic mass is 9.84. The highest BCUT2D eigenvalue weighted by Gasteiger charge is 2.65. The SMILES string of the molecule is N[C@H]1[C@@H](O)[C@@H]2OC3(CCCCC3)O[C@@H]2[C@H]2OC3(CCCCC3)O[C@@H]12. The van der Waals surface area contributed by atoms with E-state index in [2.05, 4.69) is 0 Å². The summed E-state index contributed by atoms with van der Waals surface area (Å²) in [6.07, 6.45) is 8.54. The van der Waals surface area contributed by atoms with Gasteiger partial charge in [0.2, 0.25) is 0 Å². The molecule has 5 rings (SSSR count). The number of hydrogen-bond acceptors (Lipinski definition) is 6. The van der Waals surface area contributed by atoms with Gasteiger partial charge >= 0.3 is 0 Å². The Bertz CT molecular complexity index is 444. The third-order valence-corrected chi connectivity index (χ3v) is 6.72. The van der Waals surface area contributed by atoms with Crippen molar-refractivity contribution < 1.29 is 24.1 Å². The van der Waals surface area contributed by atoms with Crippen LogP contribution in [0.4, 0.5) is 0 Å². The largest absolute Gasteiger partial charge is 0.389 e. The second kappa shape index (κ2) is 5.63. The minimum atomic E-state index is -0.764. The summed E-state index contributed by atoms with van der Waals surface area (Å²) in [6, 6.07) is -0.486. The van der Waals surface area contributed by atoms with Gasteiger partial charge in [0.1, 0.15) is 30.5 Å². The molecule has 0 aromatic carbocycles. The summed E-state index contributed by atoms with van der Waals surface area (Å²) >= 11 is 0. The van der Waals surface area contributed by atoms with Crippen LogP contribution < -0.4 is 5.73 Å². The second-order valence-electron chi connectivity index (χ2n) is 8.34. The number of ether oxygens (including phenoxy) is 4. The Morgan fingerprint density at radius 2 is 1.04 bits per heavy atom. The number of hydrogen-bond donors (Lipinski definition) is 2. The zero-order valence-corrected chi connectivity index (χ0v) is 14.2. The fourth-order valence-electron chi connectivity index (χ4n) is 5.45. The van der Waals surface area contributed by atoms with Crippen LogP contribution in [0.5, 0.6) is 0 Å². The Hall–Kier alpha value is -0.240.